The van der Waals surface area contributed by atoms with Crippen LogP contribution in [0.15, 0.2) is 18.2 Å². The number of benzene rings is 1. The van der Waals surface area contributed by atoms with Crippen LogP contribution in [0.1, 0.15) is 36.5 Å². The van der Waals surface area contributed by atoms with E-state index in [-0.39, 0.29) is 6.10 Å². The average Bonchev–Trinajstić information content (AvgIpc) is 2.95. The van der Waals surface area contributed by atoms with Gasteiger partial charge < -0.3 is 9.84 Å². The van der Waals surface area contributed by atoms with Gasteiger partial charge in [0.15, 0.2) is 0 Å². The summed E-state index contributed by atoms with van der Waals surface area (Å²) in [5, 5.41) is 10.4. The van der Waals surface area contributed by atoms with Crippen molar-refractivity contribution in [3.8, 4) is 5.75 Å². The van der Waals surface area contributed by atoms with Crippen molar-refractivity contribution in [1.29, 1.82) is 0 Å². The Bertz CT molecular complexity index is 417. The summed E-state index contributed by atoms with van der Waals surface area (Å²) in [4.78, 5) is 0. The van der Waals surface area contributed by atoms with Crippen LogP contribution in [0.5, 0.6) is 5.75 Å². The van der Waals surface area contributed by atoms with Crippen LogP contribution < -0.4 is 4.74 Å². The van der Waals surface area contributed by atoms with Crippen molar-refractivity contribution in [1.82, 2.24) is 0 Å². The Morgan fingerprint density at radius 3 is 2.53 bits per heavy atom. The van der Waals surface area contributed by atoms with E-state index in [4.69, 9.17) is 4.74 Å². The van der Waals surface area contributed by atoms with Crippen LogP contribution in [0.25, 0.3) is 0 Å². The number of aliphatic hydroxyl groups excluding tert-OH is 1. The van der Waals surface area contributed by atoms with Crippen molar-refractivity contribution in [2.24, 2.45) is 17.8 Å². The first kappa shape index (κ1) is 11.1. The number of hydrogen-bond donors (Lipinski definition) is 1. The van der Waals surface area contributed by atoms with Crippen molar-refractivity contribution >= 4 is 0 Å². The molecule has 2 heteroatoms. The van der Waals surface area contributed by atoms with E-state index in [2.05, 4.69) is 6.07 Å². The maximum atomic E-state index is 10.4. The summed E-state index contributed by atoms with van der Waals surface area (Å²) in [7, 11) is 1.68. The van der Waals surface area contributed by atoms with Gasteiger partial charge in [0, 0.05) is 0 Å². The van der Waals surface area contributed by atoms with Gasteiger partial charge in [-0.25, -0.2) is 0 Å². The highest BCUT2D eigenvalue weighted by Gasteiger charge is 2.47. The lowest BCUT2D eigenvalue weighted by molar-refractivity contribution is 0.104. The standard InChI is InChI=1S/C15H20O2/c1-9-5-10(3-4-14(9)17-2)15(16)13-7-11-6-12(11)8-13/h3-5,11-13,15-16H,6-8H2,1-2H3. The molecule has 2 nitrogen and oxygen atoms in total. The van der Waals surface area contributed by atoms with Crippen molar-refractivity contribution in [2.75, 3.05) is 7.11 Å². The molecule has 0 spiro atoms. The Morgan fingerprint density at radius 2 is 1.94 bits per heavy atom. The van der Waals surface area contributed by atoms with E-state index in [0.29, 0.717) is 5.92 Å². The van der Waals surface area contributed by atoms with E-state index >= 15 is 0 Å². The minimum Gasteiger partial charge on any atom is -0.496 e. The normalized spacial score (nSPS) is 32.1. The van der Waals surface area contributed by atoms with Gasteiger partial charge in [-0.3, -0.25) is 0 Å². The van der Waals surface area contributed by atoms with Crippen LogP contribution in [0.2, 0.25) is 0 Å². The number of methoxy groups -OCH3 is 1. The lowest BCUT2D eigenvalue weighted by Crippen LogP contribution is -2.11. The van der Waals surface area contributed by atoms with Crippen LogP contribution in [0.3, 0.4) is 0 Å². The Morgan fingerprint density at radius 1 is 1.24 bits per heavy atom. The molecule has 3 rings (SSSR count). The third-order valence-corrected chi connectivity index (χ3v) is 4.49. The number of aryl methyl sites for hydroxylation is 1. The van der Waals surface area contributed by atoms with Crippen LogP contribution in [-0.4, -0.2) is 12.2 Å². The zero-order valence-electron chi connectivity index (χ0n) is 10.5. The van der Waals surface area contributed by atoms with E-state index < -0.39 is 0 Å². The molecule has 3 unspecified atom stereocenters. The van der Waals surface area contributed by atoms with E-state index in [1.54, 1.807) is 7.11 Å². The largest absolute Gasteiger partial charge is 0.496 e. The molecule has 0 amide bonds. The molecule has 0 bridgehead atoms. The summed E-state index contributed by atoms with van der Waals surface area (Å²) in [5.41, 5.74) is 2.15. The fraction of sp³-hybridized carbons (Fsp3) is 0.600. The maximum Gasteiger partial charge on any atom is 0.121 e. The first-order chi connectivity index (χ1) is 8.19. The zero-order valence-corrected chi connectivity index (χ0v) is 10.5. The van der Waals surface area contributed by atoms with Gasteiger partial charge in [-0.2, -0.15) is 0 Å². The highest BCUT2D eigenvalue weighted by Crippen LogP contribution is 2.57. The van der Waals surface area contributed by atoms with Crippen LogP contribution in [0.4, 0.5) is 0 Å². The summed E-state index contributed by atoms with van der Waals surface area (Å²) in [6.07, 6.45) is 3.56. The minimum absolute atomic E-state index is 0.285. The van der Waals surface area contributed by atoms with Gasteiger partial charge in [-0.15, -0.1) is 0 Å². The summed E-state index contributed by atoms with van der Waals surface area (Å²) < 4.78 is 5.25. The molecule has 1 aromatic carbocycles. The summed E-state index contributed by atoms with van der Waals surface area (Å²) in [6, 6.07) is 6.03. The Kier molecular flexibility index (Phi) is 2.62. The lowest BCUT2D eigenvalue weighted by Gasteiger charge is -2.20. The molecular weight excluding hydrogens is 212 g/mol. The number of hydrogen-bond acceptors (Lipinski definition) is 2. The van der Waals surface area contributed by atoms with Crippen molar-refractivity contribution in [3.63, 3.8) is 0 Å². The average molecular weight is 232 g/mol. The molecule has 92 valence electrons. The fourth-order valence-corrected chi connectivity index (χ4v) is 3.38. The molecule has 1 N–H and O–H groups in total. The monoisotopic (exact) mass is 232 g/mol. The van der Waals surface area contributed by atoms with Gasteiger partial charge in [0.2, 0.25) is 0 Å². The SMILES string of the molecule is COc1ccc(C(O)C2CC3CC3C2)cc1C. The van der Waals surface area contributed by atoms with Crippen LogP contribution in [0, 0.1) is 24.7 Å². The minimum atomic E-state index is -0.285. The molecule has 0 heterocycles. The summed E-state index contributed by atoms with van der Waals surface area (Å²) in [6.45, 7) is 2.03. The van der Waals surface area contributed by atoms with Gasteiger partial charge in [0.05, 0.1) is 13.2 Å². The quantitative estimate of drug-likeness (QED) is 0.867. The lowest BCUT2D eigenvalue weighted by atomic mass is 9.91. The molecule has 17 heavy (non-hydrogen) atoms. The molecule has 3 atom stereocenters. The molecular formula is C15H20O2. The summed E-state index contributed by atoms with van der Waals surface area (Å²) >= 11 is 0. The molecule has 0 aromatic heterocycles. The van der Waals surface area contributed by atoms with Gasteiger partial charge in [-0.05, 0) is 67.2 Å². The van der Waals surface area contributed by atoms with Crippen LogP contribution in [-0.2, 0) is 0 Å². The molecule has 0 saturated heterocycles. The van der Waals surface area contributed by atoms with E-state index in [0.717, 1.165) is 28.7 Å². The van der Waals surface area contributed by atoms with Crippen molar-refractivity contribution in [2.45, 2.75) is 32.3 Å². The second-order valence-corrected chi connectivity index (χ2v) is 5.66. The van der Waals surface area contributed by atoms with Crippen molar-refractivity contribution < 1.29 is 9.84 Å². The van der Waals surface area contributed by atoms with Gasteiger partial charge >= 0.3 is 0 Å². The Labute approximate surface area is 103 Å². The highest BCUT2D eigenvalue weighted by atomic mass is 16.5. The maximum absolute atomic E-state index is 10.4. The molecule has 2 saturated carbocycles. The molecule has 0 radical (unpaired) electrons. The number of rotatable bonds is 3. The zero-order chi connectivity index (χ0) is 12.0. The van der Waals surface area contributed by atoms with E-state index in [1.165, 1.54) is 19.3 Å². The molecule has 2 aliphatic rings. The number of fused-ring (bicyclic) bond motifs is 1. The molecule has 2 aliphatic carbocycles. The topological polar surface area (TPSA) is 29.5 Å². The third kappa shape index (κ3) is 1.95. The second-order valence-electron chi connectivity index (χ2n) is 5.66. The Balaban J connectivity index is 1.76. The first-order valence-electron chi connectivity index (χ1n) is 6.51. The number of ether oxygens (including phenoxy) is 1. The molecule has 2 fully saturated rings. The third-order valence-electron chi connectivity index (χ3n) is 4.49. The van der Waals surface area contributed by atoms with Gasteiger partial charge in [0.1, 0.15) is 5.75 Å². The second kappa shape index (κ2) is 4.02. The van der Waals surface area contributed by atoms with Crippen LogP contribution >= 0.6 is 0 Å². The molecule has 0 aliphatic heterocycles. The number of aliphatic hydroxyl groups is 1. The van der Waals surface area contributed by atoms with Gasteiger partial charge in [-0.1, -0.05) is 6.07 Å². The summed E-state index contributed by atoms with van der Waals surface area (Å²) in [5.74, 6) is 3.23. The van der Waals surface area contributed by atoms with Gasteiger partial charge in [0.25, 0.3) is 0 Å². The van der Waals surface area contributed by atoms with E-state index in [1.807, 2.05) is 19.1 Å². The van der Waals surface area contributed by atoms with Crippen molar-refractivity contribution in [3.05, 3.63) is 29.3 Å². The molecule has 1 aromatic rings. The highest BCUT2D eigenvalue weighted by molar-refractivity contribution is 5.37. The first-order valence-corrected chi connectivity index (χ1v) is 6.51. The Hall–Kier alpha value is -1.02. The predicted octanol–water partition coefficient (Wildman–Crippen LogP) is 3.08. The smallest absolute Gasteiger partial charge is 0.121 e. The predicted molar refractivity (Wildman–Crippen MR) is 67.0 cm³/mol. The van der Waals surface area contributed by atoms with E-state index in [9.17, 15) is 5.11 Å². The fourth-order valence-electron chi connectivity index (χ4n) is 3.38.